The molecule has 0 aliphatic heterocycles. The molecule has 114 valence electrons. The van der Waals surface area contributed by atoms with Crippen molar-refractivity contribution in [2.75, 3.05) is 17.3 Å². The third-order valence-electron chi connectivity index (χ3n) is 2.09. The fraction of sp³-hybridized carbons (Fsp3) is 0.700. The second kappa shape index (κ2) is 7.08. The highest BCUT2D eigenvalue weighted by atomic mass is 19.4. The Bertz CT molecular complexity index is 428. The van der Waals surface area contributed by atoms with Crippen molar-refractivity contribution in [1.29, 1.82) is 0 Å². The van der Waals surface area contributed by atoms with Crippen molar-refractivity contribution < 1.29 is 17.9 Å². The number of nitrogens with two attached hydrogens (primary N) is 1. The molecule has 0 aliphatic rings. The van der Waals surface area contributed by atoms with Crippen molar-refractivity contribution in [3.8, 4) is 6.01 Å². The standard InChI is InChI=1S/C10H17F3N6O/c1-3-4-20-9-17-7(16-8(18-9)19-14)15-6(2)5-10(11,12)13/h6H,3-5,14H2,1-2H3,(H2,15,16,17,18,19). The van der Waals surface area contributed by atoms with Crippen molar-refractivity contribution in [3.63, 3.8) is 0 Å². The highest BCUT2D eigenvalue weighted by Gasteiger charge is 2.30. The van der Waals surface area contributed by atoms with Crippen molar-refractivity contribution in [2.45, 2.75) is 38.9 Å². The van der Waals surface area contributed by atoms with E-state index in [-0.39, 0.29) is 17.9 Å². The van der Waals surface area contributed by atoms with Gasteiger partial charge in [-0.25, -0.2) is 5.84 Å². The van der Waals surface area contributed by atoms with Gasteiger partial charge in [0.05, 0.1) is 13.0 Å². The van der Waals surface area contributed by atoms with Crippen molar-refractivity contribution in [3.05, 3.63) is 0 Å². The SMILES string of the molecule is CCCOc1nc(NN)nc(NC(C)CC(F)(F)F)n1. The summed E-state index contributed by atoms with van der Waals surface area (Å²) in [4.78, 5) is 11.5. The van der Waals surface area contributed by atoms with Crippen molar-refractivity contribution in [2.24, 2.45) is 5.84 Å². The zero-order valence-electron chi connectivity index (χ0n) is 11.2. The minimum atomic E-state index is -4.27. The van der Waals surface area contributed by atoms with Crippen molar-refractivity contribution in [1.82, 2.24) is 15.0 Å². The average Bonchev–Trinajstić information content (AvgIpc) is 2.33. The number of aromatic nitrogens is 3. The van der Waals surface area contributed by atoms with Crippen molar-refractivity contribution >= 4 is 11.9 Å². The number of nitrogens with zero attached hydrogens (tertiary/aromatic N) is 3. The van der Waals surface area contributed by atoms with Crippen LogP contribution in [0.25, 0.3) is 0 Å². The summed E-state index contributed by atoms with van der Waals surface area (Å²) in [5.41, 5.74) is 2.20. The van der Waals surface area contributed by atoms with Gasteiger partial charge in [-0.15, -0.1) is 0 Å². The molecule has 1 aromatic heterocycles. The third-order valence-corrected chi connectivity index (χ3v) is 2.09. The monoisotopic (exact) mass is 294 g/mol. The number of hydrogen-bond donors (Lipinski definition) is 3. The molecule has 1 rings (SSSR count). The van der Waals surface area contributed by atoms with Crippen LogP contribution in [0.4, 0.5) is 25.1 Å². The van der Waals surface area contributed by atoms with E-state index < -0.39 is 18.6 Å². The predicted octanol–water partition coefficient (Wildman–Crippen LogP) is 1.70. The lowest BCUT2D eigenvalue weighted by Crippen LogP contribution is -2.25. The Balaban J connectivity index is 2.77. The van der Waals surface area contributed by atoms with Gasteiger partial charge in [-0.3, -0.25) is 5.43 Å². The number of hydrazine groups is 1. The Morgan fingerprint density at radius 1 is 1.25 bits per heavy atom. The van der Waals surface area contributed by atoms with Crippen LogP contribution in [-0.4, -0.2) is 33.8 Å². The third kappa shape index (κ3) is 5.87. The number of rotatable bonds is 7. The minimum Gasteiger partial charge on any atom is -0.463 e. The Hall–Kier alpha value is -1.84. The lowest BCUT2D eigenvalue weighted by atomic mass is 10.2. The molecular weight excluding hydrogens is 277 g/mol. The summed E-state index contributed by atoms with van der Waals surface area (Å²) in [7, 11) is 0. The zero-order chi connectivity index (χ0) is 15.2. The number of nitrogens with one attached hydrogen (secondary N) is 2. The van der Waals surface area contributed by atoms with Crippen LogP contribution in [0.1, 0.15) is 26.7 Å². The summed E-state index contributed by atoms with van der Waals surface area (Å²) in [5.74, 6) is 5.16. The minimum absolute atomic E-state index is 0.00323. The maximum atomic E-state index is 12.2. The first-order chi connectivity index (χ1) is 9.34. The molecule has 7 nitrogen and oxygen atoms in total. The summed E-state index contributed by atoms with van der Waals surface area (Å²) in [6.07, 6.45) is -4.53. The van der Waals surface area contributed by atoms with E-state index in [9.17, 15) is 13.2 Å². The second-order valence-corrected chi connectivity index (χ2v) is 4.12. The molecule has 0 amide bonds. The maximum absolute atomic E-state index is 12.2. The molecule has 0 saturated heterocycles. The van der Waals surface area contributed by atoms with Gasteiger partial charge in [0.15, 0.2) is 0 Å². The Morgan fingerprint density at radius 2 is 1.90 bits per heavy atom. The largest absolute Gasteiger partial charge is 0.463 e. The Kier molecular flexibility index (Phi) is 5.74. The summed E-state index contributed by atoms with van der Waals surface area (Å²) in [5, 5.41) is 2.53. The number of hydrogen-bond acceptors (Lipinski definition) is 7. The summed E-state index contributed by atoms with van der Waals surface area (Å²) in [6, 6.07) is -0.890. The van der Waals surface area contributed by atoms with E-state index >= 15 is 0 Å². The molecule has 1 unspecified atom stereocenters. The fourth-order valence-corrected chi connectivity index (χ4v) is 1.36. The van der Waals surface area contributed by atoms with E-state index in [2.05, 4.69) is 25.7 Å². The lowest BCUT2D eigenvalue weighted by Gasteiger charge is -2.16. The van der Waals surface area contributed by atoms with Crippen LogP contribution in [-0.2, 0) is 0 Å². The molecule has 10 heteroatoms. The lowest BCUT2D eigenvalue weighted by molar-refractivity contribution is -0.136. The average molecular weight is 294 g/mol. The molecule has 1 heterocycles. The first-order valence-corrected chi connectivity index (χ1v) is 6.02. The fourth-order valence-electron chi connectivity index (χ4n) is 1.36. The molecule has 0 radical (unpaired) electrons. The molecule has 0 fully saturated rings. The number of nitrogen functional groups attached to an aromatic ring is 1. The van der Waals surface area contributed by atoms with Gasteiger partial charge in [-0.05, 0) is 13.3 Å². The number of ether oxygens (including phenoxy) is 1. The van der Waals surface area contributed by atoms with Crippen LogP contribution < -0.4 is 21.3 Å². The summed E-state index contributed by atoms with van der Waals surface area (Å²) < 4.78 is 42.0. The quantitative estimate of drug-likeness (QED) is 0.520. The smallest absolute Gasteiger partial charge is 0.391 e. The molecule has 0 aliphatic carbocycles. The first kappa shape index (κ1) is 16.2. The van der Waals surface area contributed by atoms with E-state index in [1.165, 1.54) is 6.92 Å². The van der Waals surface area contributed by atoms with E-state index in [1.54, 1.807) is 0 Å². The van der Waals surface area contributed by atoms with Gasteiger partial charge in [0.1, 0.15) is 0 Å². The Morgan fingerprint density at radius 3 is 2.45 bits per heavy atom. The van der Waals surface area contributed by atoms with E-state index in [0.717, 1.165) is 6.42 Å². The van der Waals surface area contributed by atoms with Crippen LogP contribution >= 0.6 is 0 Å². The molecule has 0 saturated carbocycles. The van der Waals surface area contributed by atoms with Gasteiger partial charge in [0.2, 0.25) is 11.9 Å². The number of anilines is 2. The second-order valence-electron chi connectivity index (χ2n) is 4.12. The van der Waals surface area contributed by atoms with E-state index in [4.69, 9.17) is 10.6 Å². The van der Waals surface area contributed by atoms with Gasteiger partial charge in [0.25, 0.3) is 0 Å². The first-order valence-electron chi connectivity index (χ1n) is 6.02. The molecule has 0 aromatic carbocycles. The zero-order valence-corrected chi connectivity index (χ0v) is 11.2. The molecule has 4 N–H and O–H groups in total. The van der Waals surface area contributed by atoms with Gasteiger partial charge in [-0.1, -0.05) is 6.92 Å². The van der Waals surface area contributed by atoms with Gasteiger partial charge in [0, 0.05) is 6.04 Å². The van der Waals surface area contributed by atoms with Crippen LogP contribution in [0, 0.1) is 0 Å². The molecule has 0 spiro atoms. The molecule has 1 aromatic rings. The normalized spacial score (nSPS) is 12.9. The van der Waals surface area contributed by atoms with Crippen LogP contribution in [0.3, 0.4) is 0 Å². The maximum Gasteiger partial charge on any atom is 0.391 e. The van der Waals surface area contributed by atoms with Gasteiger partial charge >= 0.3 is 12.2 Å². The van der Waals surface area contributed by atoms with Crippen LogP contribution in [0.2, 0.25) is 0 Å². The van der Waals surface area contributed by atoms with E-state index in [1.807, 2.05) is 6.92 Å². The van der Waals surface area contributed by atoms with Crippen LogP contribution in [0.5, 0.6) is 6.01 Å². The Labute approximate surface area is 114 Å². The summed E-state index contributed by atoms with van der Waals surface area (Å²) >= 11 is 0. The molecule has 20 heavy (non-hydrogen) atoms. The van der Waals surface area contributed by atoms with Gasteiger partial charge < -0.3 is 10.1 Å². The molecule has 1 atom stereocenters. The molecular formula is C10H17F3N6O. The van der Waals surface area contributed by atoms with Gasteiger partial charge in [-0.2, -0.15) is 28.1 Å². The molecule has 0 bridgehead atoms. The van der Waals surface area contributed by atoms with Crippen LogP contribution in [0.15, 0.2) is 0 Å². The number of alkyl halides is 3. The summed E-state index contributed by atoms with van der Waals surface area (Å²) in [6.45, 7) is 3.65. The number of halogens is 3. The van der Waals surface area contributed by atoms with E-state index in [0.29, 0.717) is 6.61 Å². The topological polar surface area (TPSA) is 98.0 Å². The highest BCUT2D eigenvalue weighted by Crippen LogP contribution is 2.23. The predicted molar refractivity (Wildman–Crippen MR) is 67.2 cm³/mol. The highest BCUT2D eigenvalue weighted by molar-refractivity contribution is 5.35.